The van der Waals surface area contributed by atoms with Gasteiger partial charge in [0.2, 0.25) is 0 Å². The molecule has 0 aliphatic carbocycles. The summed E-state index contributed by atoms with van der Waals surface area (Å²) in [6.45, 7) is 6.41. The fourth-order valence-corrected chi connectivity index (χ4v) is 6.21. The van der Waals surface area contributed by atoms with E-state index in [1.54, 1.807) is 0 Å². The van der Waals surface area contributed by atoms with Gasteiger partial charge in [-0.25, -0.2) is 0 Å². The normalized spacial score (nSPS) is 12.9. The van der Waals surface area contributed by atoms with Gasteiger partial charge in [0.05, 0.1) is 0 Å². The van der Waals surface area contributed by atoms with Crippen LogP contribution in [0, 0.1) is 0 Å². The van der Waals surface area contributed by atoms with Gasteiger partial charge in [-0.15, -0.1) is 0 Å². The Bertz CT molecular complexity index is 1230. The second-order valence-corrected chi connectivity index (χ2v) is 15.8. The van der Waals surface area contributed by atoms with Crippen LogP contribution in [0.25, 0.3) is 0 Å². The topological polar surface area (TPSA) is 78.9 Å². The number of allylic oxidation sites excluding steroid dienone is 16. The average Bonchev–Trinajstić information content (AvgIpc) is 3.24. The van der Waals surface area contributed by atoms with Crippen LogP contribution in [0.1, 0.15) is 207 Å². The Kier molecular flexibility index (Phi) is 45.1. The van der Waals surface area contributed by atoms with E-state index in [1.807, 2.05) is 36.5 Å². The van der Waals surface area contributed by atoms with Gasteiger partial charge in [-0.2, -0.15) is 0 Å². The van der Waals surface area contributed by atoms with E-state index in [0.29, 0.717) is 19.3 Å². The Morgan fingerprint density at radius 2 is 0.667 bits per heavy atom. The summed E-state index contributed by atoms with van der Waals surface area (Å²) in [4.78, 5) is 37.8. The number of ether oxygens (including phenoxy) is 3. The third-order valence-electron chi connectivity index (χ3n) is 9.92. The molecular formula is C54H88O6. The van der Waals surface area contributed by atoms with Crippen LogP contribution in [0.3, 0.4) is 0 Å². The molecule has 0 aromatic rings. The molecule has 0 saturated heterocycles. The molecule has 6 nitrogen and oxygen atoms in total. The molecule has 0 N–H and O–H groups in total. The van der Waals surface area contributed by atoms with E-state index >= 15 is 0 Å². The number of carbonyl (C=O) groups is 3. The largest absolute Gasteiger partial charge is 0.462 e. The van der Waals surface area contributed by atoms with Crippen molar-refractivity contribution in [3.8, 4) is 0 Å². The third kappa shape index (κ3) is 45.4. The van der Waals surface area contributed by atoms with Crippen LogP contribution in [0.4, 0.5) is 0 Å². The van der Waals surface area contributed by atoms with E-state index < -0.39 is 6.10 Å². The van der Waals surface area contributed by atoms with E-state index in [0.717, 1.165) is 109 Å². The van der Waals surface area contributed by atoms with Crippen molar-refractivity contribution < 1.29 is 28.6 Å². The lowest BCUT2D eigenvalue weighted by Gasteiger charge is -2.18. The summed E-state index contributed by atoms with van der Waals surface area (Å²) in [5.41, 5.74) is 0. The van der Waals surface area contributed by atoms with Crippen LogP contribution in [0.15, 0.2) is 97.2 Å². The Labute approximate surface area is 368 Å². The van der Waals surface area contributed by atoms with Crippen molar-refractivity contribution in [3.63, 3.8) is 0 Å². The minimum absolute atomic E-state index is 0.107. The maximum Gasteiger partial charge on any atom is 0.306 e. The first-order valence-electron chi connectivity index (χ1n) is 24.3. The van der Waals surface area contributed by atoms with Crippen LogP contribution >= 0.6 is 0 Å². The van der Waals surface area contributed by atoms with Gasteiger partial charge in [0, 0.05) is 19.3 Å². The molecule has 0 amide bonds. The predicted molar refractivity (Wildman–Crippen MR) is 256 cm³/mol. The van der Waals surface area contributed by atoms with E-state index in [4.69, 9.17) is 14.2 Å². The highest BCUT2D eigenvalue weighted by Crippen LogP contribution is 2.12. The van der Waals surface area contributed by atoms with Crippen molar-refractivity contribution in [1.29, 1.82) is 0 Å². The zero-order chi connectivity index (χ0) is 43.7. The molecule has 0 aliphatic heterocycles. The molecular weight excluding hydrogens is 745 g/mol. The lowest BCUT2D eigenvalue weighted by atomic mass is 10.1. The van der Waals surface area contributed by atoms with Gasteiger partial charge in [0.15, 0.2) is 6.10 Å². The van der Waals surface area contributed by atoms with E-state index in [9.17, 15) is 14.4 Å². The SMILES string of the molecule is CCC\C=C/C=C\C=C/C=C\C=C/CCCCCCCC(=O)OCC(COC(=O)CCCCC/C=C\C=C/CCCC)OC(=O)CCCCC/C=C\CCCCCCCC. The second kappa shape index (κ2) is 48.0. The van der Waals surface area contributed by atoms with Crippen LogP contribution in [0.5, 0.6) is 0 Å². The van der Waals surface area contributed by atoms with Crippen molar-refractivity contribution in [2.75, 3.05) is 13.2 Å². The van der Waals surface area contributed by atoms with Gasteiger partial charge < -0.3 is 14.2 Å². The van der Waals surface area contributed by atoms with E-state index in [1.165, 1.54) is 57.8 Å². The summed E-state index contributed by atoms with van der Waals surface area (Å²) in [6, 6.07) is 0. The number of esters is 3. The molecule has 0 radical (unpaired) electrons. The second-order valence-electron chi connectivity index (χ2n) is 15.8. The zero-order valence-corrected chi connectivity index (χ0v) is 38.7. The van der Waals surface area contributed by atoms with Crippen LogP contribution < -0.4 is 0 Å². The van der Waals surface area contributed by atoms with Crippen LogP contribution in [-0.2, 0) is 28.6 Å². The number of unbranched alkanes of at least 4 members (excludes halogenated alkanes) is 20. The summed E-state index contributed by atoms with van der Waals surface area (Å²) in [5, 5.41) is 0. The molecule has 0 aromatic carbocycles. The molecule has 60 heavy (non-hydrogen) atoms. The monoisotopic (exact) mass is 833 g/mol. The molecule has 0 rings (SSSR count). The van der Waals surface area contributed by atoms with Crippen molar-refractivity contribution in [3.05, 3.63) is 97.2 Å². The van der Waals surface area contributed by atoms with Crippen molar-refractivity contribution in [2.24, 2.45) is 0 Å². The Morgan fingerprint density at radius 3 is 1.13 bits per heavy atom. The molecule has 1 atom stereocenters. The molecule has 340 valence electrons. The summed E-state index contributed by atoms with van der Waals surface area (Å²) >= 11 is 0. The first-order valence-corrected chi connectivity index (χ1v) is 24.3. The Morgan fingerprint density at radius 1 is 0.333 bits per heavy atom. The van der Waals surface area contributed by atoms with Crippen molar-refractivity contribution in [1.82, 2.24) is 0 Å². The minimum atomic E-state index is -0.806. The molecule has 0 aromatic heterocycles. The Balaban J connectivity index is 4.49. The molecule has 0 fully saturated rings. The number of hydrogen-bond donors (Lipinski definition) is 0. The predicted octanol–water partition coefficient (Wildman–Crippen LogP) is 15.8. The van der Waals surface area contributed by atoms with Crippen LogP contribution in [0.2, 0.25) is 0 Å². The zero-order valence-electron chi connectivity index (χ0n) is 38.7. The maximum atomic E-state index is 12.7. The van der Waals surface area contributed by atoms with Gasteiger partial charge in [-0.1, -0.05) is 201 Å². The summed E-state index contributed by atoms with van der Waals surface area (Å²) in [7, 11) is 0. The molecule has 0 aliphatic rings. The fourth-order valence-electron chi connectivity index (χ4n) is 6.21. The van der Waals surface area contributed by atoms with E-state index in [-0.39, 0.29) is 31.1 Å². The standard InChI is InChI=1S/C54H88O6/c1-4-7-10-13-16-19-22-24-25-26-27-28-30-32-35-38-41-44-47-53(56)59-50-51(49-58-52(55)46-43-40-37-34-31-21-18-15-12-9-6-3)60-54(57)48-45-42-39-36-33-29-23-20-17-14-11-8-5-2/h10,13,15-16,18-19,21-22,24-29,31,33,51H,4-9,11-12,14,17,20,23,30,32,34-50H2,1-3H3/b13-10-,18-15-,19-16-,24-22-,26-25-,28-27-,31-21-,33-29-. The smallest absolute Gasteiger partial charge is 0.306 e. The van der Waals surface area contributed by atoms with Gasteiger partial charge >= 0.3 is 17.9 Å². The molecule has 0 saturated carbocycles. The quantitative estimate of drug-likeness (QED) is 0.0200. The summed E-state index contributed by atoms with van der Waals surface area (Å²) < 4.78 is 16.7. The Hall–Kier alpha value is -3.67. The van der Waals surface area contributed by atoms with Crippen LogP contribution in [-0.4, -0.2) is 37.2 Å². The maximum absolute atomic E-state index is 12.7. The van der Waals surface area contributed by atoms with Gasteiger partial charge in [0.25, 0.3) is 0 Å². The number of carbonyl (C=O) groups excluding carboxylic acids is 3. The first-order chi connectivity index (χ1) is 29.5. The van der Waals surface area contributed by atoms with Gasteiger partial charge in [0.1, 0.15) is 13.2 Å². The van der Waals surface area contributed by atoms with Gasteiger partial charge in [-0.05, 0) is 83.5 Å². The minimum Gasteiger partial charge on any atom is -0.462 e. The van der Waals surface area contributed by atoms with Crippen molar-refractivity contribution >= 4 is 17.9 Å². The molecule has 0 bridgehead atoms. The molecule has 6 heteroatoms. The number of rotatable bonds is 42. The number of hydrogen-bond acceptors (Lipinski definition) is 6. The fraction of sp³-hybridized carbons (Fsp3) is 0.648. The highest BCUT2D eigenvalue weighted by atomic mass is 16.6. The molecule has 1 unspecified atom stereocenters. The van der Waals surface area contributed by atoms with Gasteiger partial charge in [-0.3, -0.25) is 14.4 Å². The van der Waals surface area contributed by atoms with Crippen molar-refractivity contribution in [2.45, 2.75) is 213 Å². The molecule has 0 spiro atoms. The lowest BCUT2D eigenvalue weighted by molar-refractivity contribution is -0.167. The lowest BCUT2D eigenvalue weighted by Crippen LogP contribution is -2.30. The summed E-state index contributed by atoms with van der Waals surface area (Å²) in [6.07, 6.45) is 62.4. The average molecular weight is 833 g/mol. The van der Waals surface area contributed by atoms with E-state index in [2.05, 4.69) is 81.5 Å². The highest BCUT2D eigenvalue weighted by Gasteiger charge is 2.19. The highest BCUT2D eigenvalue weighted by molar-refractivity contribution is 5.71. The third-order valence-corrected chi connectivity index (χ3v) is 9.92. The molecule has 0 heterocycles. The first kappa shape index (κ1) is 56.3. The summed E-state index contributed by atoms with van der Waals surface area (Å²) in [5.74, 6) is -0.981.